The summed E-state index contributed by atoms with van der Waals surface area (Å²) in [5.74, 6) is 0. The lowest BCUT2D eigenvalue weighted by atomic mass is 9.99. The summed E-state index contributed by atoms with van der Waals surface area (Å²) in [7, 11) is 5.71. The fourth-order valence-electron chi connectivity index (χ4n) is 2.68. The van der Waals surface area contributed by atoms with Crippen molar-refractivity contribution in [2.24, 2.45) is 0 Å². The van der Waals surface area contributed by atoms with Gasteiger partial charge in [-0.15, -0.1) is 11.3 Å². The van der Waals surface area contributed by atoms with Gasteiger partial charge in [0.1, 0.15) is 5.01 Å². The van der Waals surface area contributed by atoms with Gasteiger partial charge in [0.2, 0.25) is 0 Å². The molecule has 130 valence electrons. The fraction of sp³-hybridized carbons (Fsp3) is 0.188. The zero-order valence-electron chi connectivity index (χ0n) is 13.1. The van der Waals surface area contributed by atoms with Crippen molar-refractivity contribution in [1.82, 2.24) is 14.8 Å². The predicted molar refractivity (Wildman–Crippen MR) is 97.1 cm³/mol. The van der Waals surface area contributed by atoms with Crippen molar-refractivity contribution in [2.75, 3.05) is 0 Å². The van der Waals surface area contributed by atoms with Crippen molar-refractivity contribution in [3.8, 4) is 0 Å². The molecule has 0 N–H and O–H groups in total. The van der Waals surface area contributed by atoms with Crippen molar-refractivity contribution in [3.05, 3.63) is 55.6 Å². The number of aromatic nitrogens is 3. The van der Waals surface area contributed by atoms with Gasteiger partial charge in [-0.05, 0) is 24.5 Å². The zero-order chi connectivity index (χ0) is 18.5. The van der Waals surface area contributed by atoms with Crippen LogP contribution in [0.25, 0.3) is 21.0 Å². The van der Waals surface area contributed by atoms with Gasteiger partial charge in [0.05, 0.1) is 41.3 Å². The number of benzene rings is 1. The quantitative estimate of drug-likeness (QED) is 0.499. The van der Waals surface area contributed by atoms with E-state index in [0.29, 0.717) is 20.8 Å². The van der Waals surface area contributed by atoms with Gasteiger partial charge < -0.3 is 0 Å². The van der Waals surface area contributed by atoms with Crippen molar-refractivity contribution in [3.63, 3.8) is 0 Å². The monoisotopic (exact) mass is 391 g/mol. The second kappa shape index (κ2) is 6.20. The molecule has 3 heterocycles. The smallest absolute Gasteiger partial charge is 0.267 e. The molecule has 0 aliphatic rings. The molecular formula is C16H9BF3N3OS2. The molecule has 0 spiro atoms. The average molecular weight is 391 g/mol. The normalized spacial score (nSPS) is 12.3. The molecule has 0 fully saturated rings. The molecule has 0 aliphatic carbocycles. The maximum Gasteiger partial charge on any atom is 0.416 e. The van der Waals surface area contributed by atoms with E-state index in [4.69, 9.17) is 7.85 Å². The highest BCUT2D eigenvalue weighted by molar-refractivity contribution is 7.18. The summed E-state index contributed by atoms with van der Waals surface area (Å²) in [6.07, 6.45) is -4.24. The van der Waals surface area contributed by atoms with Crippen LogP contribution in [0.1, 0.15) is 16.3 Å². The van der Waals surface area contributed by atoms with E-state index in [-0.39, 0.29) is 23.9 Å². The molecule has 0 atom stereocenters. The van der Waals surface area contributed by atoms with E-state index >= 15 is 0 Å². The van der Waals surface area contributed by atoms with Crippen LogP contribution in [-0.4, -0.2) is 22.6 Å². The molecule has 0 unspecified atom stereocenters. The number of hydrogen-bond acceptors (Lipinski definition) is 5. The first-order valence-corrected chi connectivity index (χ1v) is 9.25. The number of hydrogen-bond donors (Lipinski definition) is 0. The maximum absolute atomic E-state index is 12.8. The number of alkyl halides is 3. The molecule has 0 bridgehead atoms. The summed E-state index contributed by atoms with van der Waals surface area (Å²) in [4.78, 5) is 16.8. The Morgan fingerprint density at radius 2 is 1.96 bits per heavy atom. The summed E-state index contributed by atoms with van der Waals surface area (Å²) in [6, 6.07) is 3.43. The first-order valence-electron chi connectivity index (χ1n) is 7.49. The van der Waals surface area contributed by atoms with Crippen molar-refractivity contribution in [2.45, 2.75) is 19.0 Å². The van der Waals surface area contributed by atoms with Crippen LogP contribution in [-0.2, 0) is 19.0 Å². The van der Waals surface area contributed by atoms with Crippen LogP contribution in [0.4, 0.5) is 13.2 Å². The Kier molecular flexibility index (Phi) is 4.11. The number of rotatable bonds is 3. The average Bonchev–Trinajstić information content (AvgIpc) is 3.22. The maximum atomic E-state index is 12.8. The van der Waals surface area contributed by atoms with Crippen molar-refractivity contribution in [1.29, 1.82) is 0 Å². The minimum absolute atomic E-state index is 0.0817. The lowest BCUT2D eigenvalue weighted by molar-refractivity contribution is -0.137. The Morgan fingerprint density at radius 1 is 1.19 bits per heavy atom. The third-order valence-electron chi connectivity index (χ3n) is 3.92. The van der Waals surface area contributed by atoms with E-state index in [1.165, 1.54) is 33.4 Å². The summed E-state index contributed by atoms with van der Waals surface area (Å²) in [5.41, 5.74) is -0.166. The van der Waals surface area contributed by atoms with Crippen LogP contribution < -0.4 is 5.56 Å². The molecule has 1 aromatic carbocycles. The first kappa shape index (κ1) is 17.2. The molecule has 4 nitrogen and oxygen atoms in total. The van der Waals surface area contributed by atoms with Crippen LogP contribution in [0.5, 0.6) is 0 Å². The largest absolute Gasteiger partial charge is 0.416 e. The molecule has 0 amide bonds. The molecule has 26 heavy (non-hydrogen) atoms. The summed E-state index contributed by atoms with van der Waals surface area (Å²) in [5, 5.41) is 9.62. The molecule has 3 aromatic heterocycles. The van der Waals surface area contributed by atoms with Gasteiger partial charge in [-0.3, -0.25) is 4.79 Å². The first-order chi connectivity index (χ1) is 12.4. The van der Waals surface area contributed by atoms with Crippen LogP contribution in [0.3, 0.4) is 0 Å². The summed E-state index contributed by atoms with van der Waals surface area (Å²) >= 11 is 2.63. The molecule has 2 radical (unpaired) electrons. The number of thiophene rings is 1. The van der Waals surface area contributed by atoms with E-state index in [9.17, 15) is 18.0 Å². The van der Waals surface area contributed by atoms with Gasteiger partial charge in [-0.1, -0.05) is 0 Å². The molecule has 0 saturated carbocycles. The van der Waals surface area contributed by atoms with E-state index in [2.05, 4.69) is 10.1 Å². The zero-order valence-corrected chi connectivity index (χ0v) is 14.7. The van der Waals surface area contributed by atoms with Crippen molar-refractivity contribution < 1.29 is 13.2 Å². The van der Waals surface area contributed by atoms with E-state index in [1.807, 2.05) is 5.38 Å². The predicted octanol–water partition coefficient (Wildman–Crippen LogP) is 3.80. The highest BCUT2D eigenvalue weighted by Gasteiger charge is 2.30. The van der Waals surface area contributed by atoms with Gasteiger partial charge in [-0.25, -0.2) is 9.67 Å². The molecular weight excluding hydrogens is 382 g/mol. The van der Waals surface area contributed by atoms with Gasteiger partial charge in [-0.2, -0.15) is 29.6 Å². The Morgan fingerprint density at radius 3 is 2.69 bits per heavy atom. The second-order valence-corrected chi connectivity index (χ2v) is 7.46. The minimum Gasteiger partial charge on any atom is -0.267 e. The molecule has 4 rings (SSSR count). The summed E-state index contributed by atoms with van der Waals surface area (Å²) < 4.78 is 40.4. The van der Waals surface area contributed by atoms with E-state index < -0.39 is 11.7 Å². The number of thiazole rings is 1. The Bertz CT molecular complexity index is 1180. The third-order valence-corrected chi connectivity index (χ3v) is 5.68. The lowest BCUT2D eigenvalue weighted by Crippen LogP contribution is -2.24. The van der Waals surface area contributed by atoms with Crippen molar-refractivity contribution >= 4 is 51.5 Å². The number of fused-ring (bicyclic) bond motifs is 2. The van der Waals surface area contributed by atoms with Crippen LogP contribution >= 0.6 is 22.7 Å². The second-order valence-electron chi connectivity index (χ2n) is 5.60. The topological polar surface area (TPSA) is 47.8 Å². The highest BCUT2D eigenvalue weighted by Crippen LogP contribution is 2.33. The Hall–Kier alpha value is -2.20. The standard InChI is InChI=1S/C16H9BF3N3OS2/c17-4-12-9-6-25-7-10(9)15(24)23(22-12)5-14-21-11-3-8(16(18,19)20)1-2-13(11)26-14/h1-3,6-7H,4-5H2. The third kappa shape index (κ3) is 2.92. The van der Waals surface area contributed by atoms with Crippen LogP contribution in [0, 0.1) is 0 Å². The molecule has 0 saturated heterocycles. The van der Waals surface area contributed by atoms with E-state index in [1.54, 1.807) is 5.38 Å². The Labute approximate surface area is 154 Å². The van der Waals surface area contributed by atoms with Gasteiger partial charge in [0, 0.05) is 16.1 Å². The highest BCUT2D eigenvalue weighted by atomic mass is 32.1. The van der Waals surface area contributed by atoms with Gasteiger partial charge in [0.15, 0.2) is 0 Å². The number of halogens is 3. The van der Waals surface area contributed by atoms with Crippen LogP contribution in [0.15, 0.2) is 33.8 Å². The van der Waals surface area contributed by atoms with Crippen LogP contribution in [0.2, 0.25) is 0 Å². The minimum atomic E-state index is -4.42. The molecule has 10 heteroatoms. The molecule has 4 aromatic rings. The summed E-state index contributed by atoms with van der Waals surface area (Å²) in [6.45, 7) is 0.0817. The number of nitrogens with zero attached hydrogens (tertiary/aromatic N) is 3. The van der Waals surface area contributed by atoms with E-state index in [0.717, 1.165) is 17.5 Å². The molecule has 0 aliphatic heterocycles. The van der Waals surface area contributed by atoms with Gasteiger partial charge in [0.25, 0.3) is 5.56 Å². The SMILES string of the molecule is [B]Cc1nn(Cc2nc3cc(C(F)(F)F)ccc3s2)c(=O)c2cscc12. The van der Waals surface area contributed by atoms with Gasteiger partial charge >= 0.3 is 6.18 Å². The Balaban J connectivity index is 1.77. The fourth-order valence-corrected chi connectivity index (χ4v) is 4.44. The lowest BCUT2D eigenvalue weighted by Gasteiger charge is -2.06.